The molecule has 0 fully saturated rings. The monoisotopic (exact) mass is 744 g/mol. The van der Waals surface area contributed by atoms with E-state index in [0.29, 0.717) is 0 Å². The molecule has 2 aliphatic rings. The maximum absolute atomic E-state index is 8.00. The van der Waals surface area contributed by atoms with Crippen LogP contribution >= 0.6 is 0 Å². The average molecular weight is 745 g/mol. The fraction of sp³-hybridized carbons (Fsp3) is 0. The Labute approximate surface area is 320 Å². The maximum atomic E-state index is 8.00. The summed E-state index contributed by atoms with van der Waals surface area (Å²) in [6.07, 6.45) is 8.41. The summed E-state index contributed by atoms with van der Waals surface area (Å²) in [6, 6.07) is 50.0. The summed E-state index contributed by atoms with van der Waals surface area (Å²) in [5.41, 5.74) is 20.8. The second-order valence-electron chi connectivity index (χ2n) is 11.9. The molecule has 0 saturated heterocycles. The Kier molecular flexibility index (Phi) is 11.6. The predicted molar refractivity (Wildman–Crippen MR) is 210 cm³/mol. The van der Waals surface area contributed by atoms with Gasteiger partial charge in [-0.05, 0) is 68.8 Å². The summed E-state index contributed by atoms with van der Waals surface area (Å²) < 4.78 is 7.25. The summed E-state index contributed by atoms with van der Waals surface area (Å²) in [5.74, 6) is 0. The van der Waals surface area contributed by atoms with Crippen molar-refractivity contribution in [1.82, 2.24) is 19.9 Å². The molecule has 8 bridgehead atoms. The van der Waals surface area contributed by atoms with E-state index >= 15 is 0 Å². The molecule has 0 amide bonds. The van der Waals surface area contributed by atoms with E-state index < -0.39 is 0 Å². The van der Waals surface area contributed by atoms with Crippen molar-refractivity contribution in [2.75, 3.05) is 0 Å². The number of rotatable bonds is 4. The third kappa shape index (κ3) is 7.36. The minimum absolute atomic E-state index is 0. The molecule has 3 aromatic heterocycles. The molecule has 0 radical (unpaired) electrons. The van der Waals surface area contributed by atoms with Crippen molar-refractivity contribution in [2.24, 2.45) is 5.34 Å². The van der Waals surface area contributed by atoms with Crippen LogP contribution in [0.3, 0.4) is 0 Å². The molecule has 0 saturated carbocycles. The van der Waals surface area contributed by atoms with Gasteiger partial charge in [-0.1, -0.05) is 146 Å². The maximum Gasteiger partial charge on any atom is 2.00 e. The van der Waals surface area contributed by atoms with Crippen molar-refractivity contribution in [2.45, 2.75) is 0 Å². The minimum Gasteiger partial charge on any atom is -0.444 e. The van der Waals surface area contributed by atoms with Gasteiger partial charge in [0.15, 0.2) is 0 Å². The van der Waals surface area contributed by atoms with Gasteiger partial charge in [0.2, 0.25) is 0 Å². The molecule has 0 aliphatic carbocycles. The van der Waals surface area contributed by atoms with E-state index in [4.69, 9.17) is 40.3 Å². The molecule has 0 spiro atoms. The van der Waals surface area contributed by atoms with Crippen LogP contribution in [0.15, 0.2) is 151 Å². The molecule has 54 heavy (non-hydrogen) atoms. The molecule has 260 valence electrons. The number of benzene rings is 4. The van der Waals surface area contributed by atoms with Crippen LogP contribution in [0, 0.1) is 15.6 Å². The third-order valence-corrected chi connectivity index (χ3v) is 8.86. The van der Waals surface area contributed by atoms with E-state index in [0.717, 1.165) is 94.7 Å². The fourth-order valence-corrected chi connectivity index (χ4v) is 6.69. The van der Waals surface area contributed by atoms with Crippen LogP contribution in [0.2, 0.25) is 0 Å². The Balaban J connectivity index is 0.000000792. The second kappa shape index (κ2) is 17.1. The fourth-order valence-electron chi connectivity index (χ4n) is 6.69. The molecule has 10 heteroatoms. The molecule has 9 nitrogen and oxygen atoms in total. The quantitative estimate of drug-likeness (QED) is 0.0753. The SMILES string of the molecule is C1=Cc2nc1c(-c1ccccc1)c1ccc([n-]1)c(-c1ccccc1)c1nc(c(-c3ccccc3)c3ccc([n-]3)c2-c2ccccc2)C=C1.N#[O+].O=N[O-].[Fe+2]. The normalized spacial score (nSPS) is 10.9. The van der Waals surface area contributed by atoms with Crippen molar-refractivity contribution in [3.8, 4) is 44.5 Å². The van der Waals surface area contributed by atoms with E-state index in [1.165, 1.54) is 0 Å². The zero-order valence-corrected chi connectivity index (χ0v) is 29.5. The largest absolute Gasteiger partial charge is 2.00 e. The number of nitrogens with zero attached hydrogens (tertiary/aromatic N) is 6. The Hall–Kier alpha value is -6.93. The molecule has 7 aromatic rings. The zero-order chi connectivity index (χ0) is 36.6. The van der Waals surface area contributed by atoms with E-state index in [-0.39, 0.29) is 17.1 Å². The van der Waals surface area contributed by atoms with E-state index in [9.17, 15) is 0 Å². The van der Waals surface area contributed by atoms with Crippen molar-refractivity contribution < 1.29 is 21.8 Å². The third-order valence-electron chi connectivity index (χ3n) is 8.86. The van der Waals surface area contributed by atoms with Crippen molar-refractivity contribution in [1.29, 1.82) is 5.46 Å². The van der Waals surface area contributed by atoms with Crippen LogP contribution in [0.5, 0.6) is 0 Å². The van der Waals surface area contributed by atoms with Gasteiger partial charge in [-0.25, -0.2) is 9.97 Å². The van der Waals surface area contributed by atoms with Gasteiger partial charge in [0.1, 0.15) is 0 Å². The van der Waals surface area contributed by atoms with Gasteiger partial charge in [-0.3, -0.25) is 0 Å². The van der Waals surface area contributed by atoms with Crippen LogP contribution < -0.4 is 9.97 Å². The molecule has 0 atom stereocenters. The van der Waals surface area contributed by atoms with E-state index in [1.807, 2.05) is 24.3 Å². The Morgan fingerprint density at radius 1 is 0.426 bits per heavy atom. The van der Waals surface area contributed by atoms with Gasteiger partial charge in [0, 0.05) is 0 Å². The first-order valence-corrected chi connectivity index (χ1v) is 16.6. The molecule has 0 N–H and O–H groups in total. The number of hydrogen-bond acceptors (Lipinski definition) is 6. The average Bonchev–Trinajstić information content (AvgIpc) is 4.06. The number of hydrogen-bond donors (Lipinski definition) is 0. The first-order chi connectivity index (χ1) is 26.2. The van der Waals surface area contributed by atoms with Gasteiger partial charge in [-0.15, -0.1) is 27.4 Å². The van der Waals surface area contributed by atoms with Crippen molar-refractivity contribution in [3.63, 3.8) is 0 Å². The summed E-state index contributed by atoms with van der Waals surface area (Å²) in [7, 11) is 0. The summed E-state index contributed by atoms with van der Waals surface area (Å²) in [5, 5.41) is 9.00. The second-order valence-corrected chi connectivity index (χ2v) is 11.9. The van der Waals surface area contributed by atoms with Crippen LogP contribution in [0.1, 0.15) is 22.8 Å². The van der Waals surface area contributed by atoms with Crippen LogP contribution in [-0.2, 0) is 21.8 Å². The number of fused-ring (bicyclic) bond motifs is 8. The molecule has 9 rings (SSSR count). The predicted octanol–water partition coefficient (Wildman–Crippen LogP) is 10.7. The smallest absolute Gasteiger partial charge is 0.444 e. The van der Waals surface area contributed by atoms with Crippen LogP contribution in [0.25, 0.3) is 90.9 Å². The molecule has 4 aromatic carbocycles. The summed E-state index contributed by atoms with van der Waals surface area (Å²) in [6.45, 7) is 0. The zero-order valence-electron chi connectivity index (χ0n) is 28.4. The minimum atomic E-state index is 0. The molecular weight excluding hydrogens is 716 g/mol. The van der Waals surface area contributed by atoms with Gasteiger partial charge < -0.3 is 20.1 Å². The van der Waals surface area contributed by atoms with Gasteiger partial charge >= 0.3 is 27.3 Å². The summed E-state index contributed by atoms with van der Waals surface area (Å²) >= 11 is 0. The van der Waals surface area contributed by atoms with E-state index in [1.54, 1.807) is 0 Å². The Morgan fingerprint density at radius 2 is 0.630 bits per heavy atom. The Bertz CT molecular complexity index is 2310. The molecular formula is C44H28FeN6O3. The van der Waals surface area contributed by atoms with Gasteiger partial charge in [0.25, 0.3) is 0 Å². The first kappa shape index (κ1) is 36.8. The van der Waals surface area contributed by atoms with Crippen LogP contribution in [-0.4, -0.2) is 9.97 Å². The van der Waals surface area contributed by atoms with Gasteiger partial charge in [0.05, 0.1) is 22.8 Å². The van der Waals surface area contributed by atoms with Crippen LogP contribution in [0.4, 0.5) is 0 Å². The molecule has 2 aliphatic heterocycles. The summed E-state index contributed by atoms with van der Waals surface area (Å²) in [4.78, 5) is 29.2. The van der Waals surface area contributed by atoms with Crippen molar-refractivity contribution >= 4 is 46.4 Å². The standard InChI is InChI=1S/C44H28N4.Fe.HNO2.NO/c1-5-13-29(14-6-1)41-33-21-23-35(45-33)42(30-15-7-2-8-16-30)37-25-27-39(47-37)44(32-19-11-4-12-20-32)40-28-26-38(48-40)43(31-17-9-3-10-18-31)36-24-22-34(41)46-36;;2-1-3;1-2/h1-28H;;(H,2,3);/q-2;+2;;+1/p-1. The first-order valence-electron chi connectivity index (χ1n) is 16.6. The Morgan fingerprint density at radius 3 is 0.833 bits per heavy atom. The van der Waals surface area contributed by atoms with Gasteiger partial charge in [-0.2, -0.15) is 0 Å². The topological polar surface area (TPSA) is 150 Å². The molecule has 5 heterocycles. The van der Waals surface area contributed by atoms with E-state index in [2.05, 4.69) is 146 Å². The van der Waals surface area contributed by atoms with Crippen molar-refractivity contribution in [3.05, 3.63) is 178 Å². The number of aromatic nitrogens is 4. The molecule has 0 unspecified atom stereocenters.